The molecule has 0 radical (unpaired) electrons. The summed E-state index contributed by atoms with van der Waals surface area (Å²) >= 11 is 0. The number of aryl methyl sites for hydroxylation is 1. The maximum atomic E-state index is 11.8. The molecule has 1 atom stereocenters. The van der Waals surface area contributed by atoms with Gasteiger partial charge in [-0.05, 0) is 23.6 Å². The van der Waals surface area contributed by atoms with E-state index in [0.29, 0.717) is 12.8 Å². The van der Waals surface area contributed by atoms with E-state index in [2.05, 4.69) is 0 Å². The van der Waals surface area contributed by atoms with Gasteiger partial charge in [0.1, 0.15) is 0 Å². The Hall–Kier alpha value is -2.19. The molecule has 0 aromatic heterocycles. The fourth-order valence-corrected chi connectivity index (χ4v) is 2.14. The molecule has 0 saturated heterocycles. The maximum absolute atomic E-state index is 11.8. The van der Waals surface area contributed by atoms with Crippen LogP contribution in [0.1, 0.15) is 17.5 Å². The first-order valence-electron chi connectivity index (χ1n) is 7.21. The Labute approximate surface area is 125 Å². The monoisotopic (exact) mass is 280 g/mol. The van der Waals surface area contributed by atoms with Crippen LogP contribution in [0.25, 0.3) is 0 Å². The van der Waals surface area contributed by atoms with Crippen molar-refractivity contribution in [3.05, 3.63) is 83.9 Å². The number of benzene rings is 2. The lowest BCUT2D eigenvalue weighted by Crippen LogP contribution is -2.07. The summed E-state index contributed by atoms with van der Waals surface area (Å²) in [6.07, 6.45) is 4.20. The van der Waals surface area contributed by atoms with Crippen molar-refractivity contribution in [1.29, 1.82) is 0 Å². The normalized spacial score (nSPS) is 12.4. The van der Waals surface area contributed by atoms with Gasteiger partial charge < -0.3 is 5.11 Å². The summed E-state index contributed by atoms with van der Waals surface area (Å²) in [5.41, 5.74) is 2.22. The second-order valence-electron chi connectivity index (χ2n) is 5.07. The number of hydrogen-bond donors (Lipinski definition) is 1. The number of hydrogen-bond acceptors (Lipinski definition) is 2. The van der Waals surface area contributed by atoms with E-state index in [1.165, 1.54) is 6.08 Å². The van der Waals surface area contributed by atoms with E-state index in [4.69, 9.17) is 0 Å². The second-order valence-corrected chi connectivity index (χ2v) is 5.07. The predicted octanol–water partition coefficient (Wildman–Crippen LogP) is 3.35. The molecule has 1 N–H and O–H groups in total. The van der Waals surface area contributed by atoms with E-state index in [1.54, 1.807) is 6.08 Å². The lowest BCUT2D eigenvalue weighted by Gasteiger charge is -2.05. The molecule has 2 rings (SSSR count). The highest BCUT2D eigenvalue weighted by atomic mass is 16.3. The van der Waals surface area contributed by atoms with Crippen LogP contribution >= 0.6 is 0 Å². The van der Waals surface area contributed by atoms with Crippen molar-refractivity contribution < 1.29 is 9.90 Å². The van der Waals surface area contributed by atoms with Crippen molar-refractivity contribution >= 4 is 5.78 Å². The summed E-state index contributed by atoms with van der Waals surface area (Å²) in [6.45, 7) is 0. The summed E-state index contributed by atoms with van der Waals surface area (Å²) in [4.78, 5) is 11.8. The summed E-state index contributed by atoms with van der Waals surface area (Å²) < 4.78 is 0. The standard InChI is InChI=1S/C19H20O2/c20-18(12-11-16-7-3-1-4-8-16)13-14-19(21)15-17-9-5-2-6-10-17/h1-10,13-14,19,21H,11-12,15H2/b14-13+. The molecule has 0 amide bonds. The van der Waals surface area contributed by atoms with Crippen LogP contribution in [0.4, 0.5) is 0 Å². The van der Waals surface area contributed by atoms with E-state index < -0.39 is 6.10 Å². The number of ketones is 1. The first kappa shape index (κ1) is 15.2. The fourth-order valence-electron chi connectivity index (χ4n) is 2.14. The molecule has 2 nitrogen and oxygen atoms in total. The fraction of sp³-hybridized carbons (Fsp3) is 0.211. The molecule has 0 aliphatic carbocycles. The molecule has 0 aliphatic heterocycles. The van der Waals surface area contributed by atoms with Crippen molar-refractivity contribution in [2.75, 3.05) is 0 Å². The molecule has 2 aromatic rings. The Morgan fingerprint density at radius 2 is 1.52 bits per heavy atom. The number of aliphatic hydroxyl groups is 1. The number of carbonyl (C=O) groups excluding carboxylic acids is 1. The molecule has 0 saturated carbocycles. The quantitative estimate of drug-likeness (QED) is 0.790. The summed E-state index contributed by atoms with van der Waals surface area (Å²) in [6, 6.07) is 19.7. The van der Waals surface area contributed by atoms with Crippen LogP contribution in [-0.4, -0.2) is 17.0 Å². The third-order valence-electron chi connectivity index (χ3n) is 3.29. The molecule has 0 aliphatic rings. The summed E-state index contributed by atoms with van der Waals surface area (Å²) in [7, 11) is 0. The zero-order chi connectivity index (χ0) is 14.9. The van der Waals surface area contributed by atoms with Crippen LogP contribution in [0.5, 0.6) is 0 Å². The summed E-state index contributed by atoms with van der Waals surface area (Å²) in [5, 5.41) is 9.90. The van der Waals surface area contributed by atoms with Gasteiger partial charge in [0.25, 0.3) is 0 Å². The van der Waals surface area contributed by atoms with E-state index >= 15 is 0 Å². The molecule has 21 heavy (non-hydrogen) atoms. The van der Waals surface area contributed by atoms with E-state index in [-0.39, 0.29) is 5.78 Å². The Morgan fingerprint density at radius 3 is 2.14 bits per heavy atom. The van der Waals surface area contributed by atoms with Crippen LogP contribution in [0.3, 0.4) is 0 Å². The van der Waals surface area contributed by atoms with Gasteiger partial charge in [-0.1, -0.05) is 66.7 Å². The Kier molecular flexibility index (Phi) is 5.92. The van der Waals surface area contributed by atoms with Crippen molar-refractivity contribution in [3.8, 4) is 0 Å². The third-order valence-corrected chi connectivity index (χ3v) is 3.29. The van der Waals surface area contributed by atoms with Gasteiger partial charge >= 0.3 is 0 Å². The van der Waals surface area contributed by atoms with Gasteiger partial charge in [-0.2, -0.15) is 0 Å². The van der Waals surface area contributed by atoms with E-state index in [0.717, 1.165) is 17.5 Å². The molecule has 0 spiro atoms. The van der Waals surface area contributed by atoms with Crippen molar-refractivity contribution in [3.63, 3.8) is 0 Å². The number of aliphatic hydroxyl groups excluding tert-OH is 1. The van der Waals surface area contributed by atoms with Crippen LogP contribution in [0, 0.1) is 0 Å². The molecule has 108 valence electrons. The van der Waals surface area contributed by atoms with Gasteiger partial charge in [-0.25, -0.2) is 0 Å². The molecule has 0 heterocycles. The largest absolute Gasteiger partial charge is 0.389 e. The van der Waals surface area contributed by atoms with Crippen molar-refractivity contribution in [2.24, 2.45) is 0 Å². The van der Waals surface area contributed by atoms with Gasteiger partial charge in [-0.15, -0.1) is 0 Å². The van der Waals surface area contributed by atoms with Gasteiger partial charge in [-0.3, -0.25) is 4.79 Å². The van der Waals surface area contributed by atoms with Gasteiger partial charge in [0.05, 0.1) is 6.10 Å². The van der Waals surface area contributed by atoms with Gasteiger partial charge in [0.2, 0.25) is 0 Å². The summed E-state index contributed by atoms with van der Waals surface area (Å²) in [5.74, 6) is 0.0472. The minimum Gasteiger partial charge on any atom is -0.389 e. The molecular weight excluding hydrogens is 260 g/mol. The highest BCUT2D eigenvalue weighted by Crippen LogP contribution is 2.06. The molecular formula is C19H20O2. The zero-order valence-electron chi connectivity index (χ0n) is 12.0. The molecule has 1 unspecified atom stereocenters. The lowest BCUT2D eigenvalue weighted by molar-refractivity contribution is -0.114. The smallest absolute Gasteiger partial charge is 0.155 e. The average Bonchev–Trinajstić information content (AvgIpc) is 2.53. The molecule has 0 fully saturated rings. The topological polar surface area (TPSA) is 37.3 Å². The third kappa shape index (κ3) is 5.76. The van der Waals surface area contributed by atoms with E-state index in [1.807, 2.05) is 60.7 Å². The highest BCUT2D eigenvalue weighted by molar-refractivity contribution is 5.89. The second kappa shape index (κ2) is 8.18. The van der Waals surface area contributed by atoms with Crippen LogP contribution in [0.2, 0.25) is 0 Å². The SMILES string of the molecule is O=C(/C=C/C(O)Cc1ccccc1)CCc1ccccc1. The van der Waals surface area contributed by atoms with Crippen LogP contribution in [0.15, 0.2) is 72.8 Å². The first-order valence-corrected chi connectivity index (χ1v) is 7.21. The number of allylic oxidation sites excluding steroid dienone is 1. The maximum Gasteiger partial charge on any atom is 0.155 e. The average molecular weight is 280 g/mol. The lowest BCUT2D eigenvalue weighted by atomic mass is 10.1. The van der Waals surface area contributed by atoms with Gasteiger partial charge in [0, 0.05) is 12.8 Å². The Morgan fingerprint density at radius 1 is 0.952 bits per heavy atom. The number of rotatable bonds is 7. The Balaban J connectivity index is 1.76. The van der Waals surface area contributed by atoms with Crippen molar-refractivity contribution in [1.82, 2.24) is 0 Å². The molecule has 2 aromatic carbocycles. The highest BCUT2D eigenvalue weighted by Gasteiger charge is 2.03. The van der Waals surface area contributed by atoms with Gasteiger partial charge in [0.15, 0.2) is 5.78 Å². The predicted molar refractivity (Wildman–Crippen MR) is 85.1 cm³/mol. The minimum atomic E-state index is -0.618. The van der Waals surface area contributed by atoms with Crippen LogP contribution < -0.4 is 0 Å². The number of carbonyl (C=O) groups is 1. The molecule has 2 heteroatoms. The minimum absolute atomic E-state index is 0.0472. The zero-order valence-corrected chi connectivity index (χ0v) is 12.0. The van der Waals surface area contributed by atoms with Crippen LogP contribution in [-0.2, 0) is 17.6 Å². The Bertz CT molecular complexity index is 573. The first-order chi connectivity index (χ1) is 10.2. The molecule has 0 bridgehead atoms. The van der Waals surface area contributed by atoms with Crippen molar-refractivity contribution in [2.45, 2.75) is 25.4 Å². The van der Waals surface area contributed by atoms with E-state index in [9.17, 15) is 9.90 Å².